The van der Waals surface area contributed by atoms with Gasteiger partial charge in [-0.2, -0.15) is 0 Å². The molecule has 1 aliphatic rings. The largest absolute Gasteiger partial charge is 0.353 e. The fourth-order valence-corrected chi connectivity index (χ4v) is 3.00. The van der Waals surface area contributed by atoms with Crippen LogP contribution in [0.5, 0.6) is 0 Å². The maximum atomic E-state index is 12.0. The molecule has 3 nitrogen and oxygen atoms in total. The van der Waals surface area contributed by atoms with Crippen LogP contribution in [0.2, 0.25) is 0 Å². The molecule has 0 bridgehead atoms. The van der Waals surface area contributed by atoms with Crippen LogP contribution in [0.4, 0.5) is 5.69 Å². The summed E-state index contributed by atoms with van der Waals surface area (Å²) in [5, 5.41) is 0. The molecule has 3 aromatic rings. The first kappa shape index (κ1) is 16.7. The molecular weight excluding hydrogens is 310 g/mol. The van der Waals surface area contributed by atoms with Crippen LogP contribution in [0.25, 0.3) is 0 Å². The van der Waals surface area contributed by atoms with E-state index in [2.05, 4.69) is 0 Å². The smallest absolute Gasteiger partial charge is 0.222 e. The minimum atomic E-state index is -0.490. The van der Waals surface area contributed by atoms with Crippen LogP contribution < -0.4 is 4.90 Å². The number of anilines is 1. The third-order valence-electron chi connectivity index (χ3n) is 4.14. The van der Waals surface area contributed by atoms with Crippen molar-refractivity contribution in [2.24, 2.45) is 0 Å². The minimum absolute atomic E-state index is 0.395. The van der Waals surface area contributed by atoms with Gasteiger partial charge in [0.1, 0.15) is 6.04 Å². The van der Waals surface area contributed by atoms with Crippen molar-refractivity contribution in [3.8, 4) is 0 Å². The first-order valence-corrected chi connectivity index (χ1v) is 8.20. The highest BCUT2D eigenvalue weighted by Gasteiger charge is 2.34. The predicted molar refractivity (Wildman–Crippen MR) is 99.3 cm³/mol. The van der Waals surface area contributed by atoms with Crippen molar-refractivity contribution in [3.63, 3.8) is 0 Å². The van der Waals surface area contributed by atoms with E-state index in [-0.39, 0.29) is 0 Å². The van der Waals surface area contributed by atoms with Crippen molar-refractivity contribution >= 4 is 17.8 Å². The molecule has 3 aromatic carbocycles. The molecule has 0 radical (unpaired) electrons. The standard InChI is InChI=1S/C16H13NO2.C6H6/c18-11-15(19)16-14-9-5-4-6-12(14)10-17(16)13-7-2-1-3-8-13;1-2-4-6-5-3-1/h1-9,11,16H,10H2;1-6H. The Hall–Kier alpha value is -3.20. The van der Waals surface area contributed by atoms with Gasteiger partial charge in [-0.1, -0.05) is 78.9 Å². The van der Waals surface area contributed by atoms with Gasteiger partial charge in [0.15, 0.2) is 6.29 Å². The summed E-state index contributed by atoms with van der Waals surface area (Å²) < 4.78 is 0. The van der Waals surface area contributed by atoms with Crippen LogP contribution >= 0.6 is 0 Å². The van der Waals surface area contributed by atoms with Crippen molar-refractivity contribution in [1.82, 2.24) is 0 Å². The summed E-state index contributed by atoms with van der Waals surface area (Å²) in [6, 6.07) is 29.0. The van der Waals surface area contributed by atoms with Crippen LogP contribution in [-0.4, -0.2) is 12.1 Å². The van der Waals surface area contributed by atoms with Gasteiger partial charge >= 0.3 is 0 Å². The molecule has 1 unspecified atom stereocenters. The van der Waals surface area contributed by atoms with Crippen LogP contribution in [0, 0.1) is 0 Å². The average Bonchev–Trinajstić information content (AvgIpc) is 3.09. The molecule has 0 saturated carbocycles. The number of nitrogens with zero attached hydrogens (tertiary/aromatic N) is 1. The molecule has 124 valence electrons. The van der Waals surface area contributed by atoms with Crippen molar-refractivity contribution < 1.29 is 9.59 Å². The Morgan fingerprint density at radius 2 is 1.32 bits per heavy atom. The highest BCUT2D eigenvalue weighted by molar-refractivity contribution is 6.28. The number of rotatable bonds is 3. The number of hydrogen-bond acceptors (Lipinski definition) is 3. The highest BCUT2D eigenvalue weighted by atomic mass is 16.2. The lowest BCUT2D eigenvalue weighted by atomic mass is 10.0. The first-order valence-electron chi connectivity index (χ1n) is 8.20. The Labute approximate surface area is 147 Å². The van der Waals surface area contributed by atoms with Crippen molar-refractivity contribution in [2.45, 2.75) is 12.6 Å². The van der Waals surface area contributed by atoms with Crippen molar-refractivity contribution in [1.29, 1.82) is 0 Å². The van der Waals surface area contributed by atoms with E-state index in [1.54, 1.807) is 0 Å². The third-order valence-corrected chi connectivity index (χ3v) is 4.14. The van der Waals surface area contributed by atoms with Crippen molar-refractivity contribution in [2.75, 3.05) is 4.90 Å². The summed E-state index contributed by atoms with van der Waals surface area (Å²) in [7, 11) is 0. The molecule has 0 saturated heterocycles. The molecule has 3 heteroatoms. The summed E-state index contributed by atoms with van der Waals surface area (Å²) in [6.07, 6.45) is 0.419. The number of fused-ring (bicyclic) bond motifs is 1. The van der Waals surface area contributed by atoms with E-state index in [0.29, 0.717) is 12.8 Å². The van der Waals surface area contributed by atoms with Crippen LogP contribution in [0.1, 0.15) is 17.2 Å². The maximum absolute atomic E-state index is 12.0. The topological polar surface area (TPSA) is 37.4 Å². The Kier molecular flexibility index (Phi) is 5.37. The number of benzene rings is 3. The van der Waals surface area contributed by atoms with E-state index in [9.17, 15) is 9.59 Å². The lowest BCUT2D eigenvalue weighted by Crippen LogP contribution is -2.28. The van der Waals surface area contributed by atoms with Crippen LogP contribution in [0.15, 0.2) is 91.0 Å². The zero-order valence-corrected chi connectivity index (χ0v) is 13.8. The molecular formula is C22H19NO2. The zero-order valence-electron chi connectivity index (χ0n) is 13.8. The number of para-hydroxylation sites is 1. The van der Waals surface area contributed by atoms with Gasteiger partial charge in [-0.05, 0) is 23.3 Å². The molecule has 0 aliphatic carbocycles. The second-order valence-electron chi connectivity index (χ2n) is 5.74. The van der Waals surface area contributed by atoms with E-state index in [1.807, 2.05) is 95.9 Å². The van der Waals surface area contributed by atoms with E-state index in [4.69, 9.17) is 0 Å². The fraction of sp³-hybridized carbons (Fsp3) is 0.0909. The van der Waals surface area contributed by atoms with Gasteiger partial charge in [-0.25, -0.2) is 0 Å². The van der Waals surface area contributed by atoms with Crippen molar-refractivity contribution in [3.05, 3.63) is 102 Å². The zero-order chi connectivity index (χ0) is 17.5. The molecule has 0 spiro atoms. The lowest BCUT2D eigenvalue weighted by molar-refractivity contribution is -0.130. The Balaban J connectivity index is 0.000000258. The molecule has 0 N–H and O–H groups in total. The SMILES string of the molecule is O=CC(=O)C1c2ccccc2CN1c1ccccc1.c1ccccc1. The van der Waals surface area contributed by atoms with Crippen LogP contribution in [0.3, 0.4) is 0 Å². The van der Waals surface area contributed by atoms with E-state index in [1.165, 1.54) is 0 Å². The number of Topliss-reactive ketones (excluding diaryl/α,β-unsaturated/α-hetero) is 1. The van der Waals surface area contributed by atoms with Crippen LogP contribution in [-0.2, 0) is 16.1 Å². The molecule has 4 rings (SSSR count). The van der Waals surface area contributed by atoms with Gasteiger partial charge in [0.2, 0.25) is 5.78 Å². The van der Waals surface area contributed by atoms with Gasteiger partial charge in [-0.15, -0.1) is 0 Å². The van der Waals surface area contributed by atoms with E-state index >= 15 is 0 Å². The second kappa shape index (κ2) is 8.06. The molecule has 25 heavy (non-hydrogen) atoms. The molecule has 0 amide bonds. The number of carbonyl (C=O) groups excluding carboxylic acids is 2. The maximum Gasteiger partial charge on any atom is 0.222 e. The quantitative estimate of drug-likeness (QED) is 0.534. The van der Waals surface area contributed by atoms with Gasteiger partial charge in [-0.3, -0.25) is 9.59 Å². The molecule has 0 fully saturated rings. The van der Waals surface area contributed by atoms with Gasteiger partial charge in [0.25, 0.3) is 0 Å². The summed E-state index contributed by atoms with van der Waals surface area (Å²) in [6.45, 7) is 0.657. The summed E-state index contributed by atoms with van der Waals surface area (Å²) in [5.74, 6) is -0.395. The lowest BCUT2D eigenvalue weighted by Gasteiger charge is -2.24. The summed E-state index contributed by atoms with van der Waals surface area (Å²) >= 11 is 0. The fourth-order valence-electron chi connectivity index (χ4n) is 3.00. The minimum Gasteiger partial charge on any atom is -0.353 e. The third kappa shape index (κ3) is 3.83. The van der Waals surface area contributed by atoms with E-state index in [0.717, 1.165) is 16.8 Å². The van der Waals surface area contributed by atoms with E-state index < -0.39 is 11.8 Å². The predicted octanol–water partition coefficient (Wildman–Crippen LogP) is 4.20. The highest BCUT2D eigenvalue weighted by Crippen LogP contribution is 2.37. The summed E-state index contributed by atoms with van der Waals surface area (Å²) in [4.78, 5) is 24.8. The molecule has 1 aliphatic heterocycles. The number of carbonyl (C=O) groups is 2. The monoisotopic (exact) mass is 329 g/mol. The van der Waals surface area contributed by atoms with Gasteiger partial charge in [0.05, 0.1) is 0 Å². The Morgan fingerprint density at radius 3 is 1.92 bits per heavy atom. The summed E-state index contributed by atoms with van der Waals surface area (Å²) in [5.41, 5.74) is 2.99. The Morgan fingerprint density at radius 1 is 0.800 bits per heavy atom. The molecule has 0 aromatic heterocycles. The number of hydrogen-bond donors (Lipinski definition) is 0. The average molecular weight is 329 g/mol. The second-order valence-corrected chi connectivity index (χ2v) is 5.74. The van der Waals surface area contributed by atoms with Gasteiger partial charge < -0.3 is 4.90 Å². The Bertz CT molecular complexity index is 804. The first-order chi connectivity index (χ1) is 12.3. The molecule has 1 heterocycles. The number of ketones is 1. The normalized spacial score (nSPS) is 14.9. The molecule has 1 atom stereocenters. The number of aldehydes is 1. The van der Waals surface area contributed by atoms with Gasteiger partial charge in [0, 0.05) is 12.2 Å².